The molecule has 3 aromatic rings. The van der Waals surface area contributed by atoms with E-state index in [1.807, 2.05) is 31.2 Å². The first-order valence-corrected chi connectivity index (χ1v) is 9.73. The van der Waals surface area contributed by atoms with Crippen LogP contribution in [0.25, 0.3) is 0 Å². The molecule has 8 heteroatoms. The molecular weight excluding hydrogens is 419 g/mol. The molecule has 158 valence electrons. The van der Waals surface area contributed by atoms with Crippen molar-refractivity contribution in [3.05, 3.63) is 88.2 Å². The number of hydrogen-bond donors (Lipinski definition) is 3. The van der Waals surface area contributed by atoms with E-state index in [0.717, 1.165) is 17.3 Å². The zero-order valence-corrected chi connectivity index (χ0v) is 17.6. The van der Waals surface area contributed by atoms with Gasteiger partial charge in [-0.2, -0.15) is 5.10 Å². The predicted octanol–water partition coefficient (Wildman–Crippen LogP) is 4.93. The third-order valence-electron chi connectivity index (χ3n) is 4.35. The summed E-state index contributed by atoms with van der Waals surface area (Å²) in [4.78, 5) is 24.0. The Balaban J connectivity index is 1.66. The molecule has 6 nitrogen and oxygen atoms in total. The number of hydrazone groups is 1. The molecule has 0 aliphatic heterocycles. The van der Waals surface area contributed by atoms with Crippen LogP contribution in [-0.4, -0.2) is 18.0 Å². The average molecular weight is 439 g/mol. The van der Waals surface area contributed by atoms with E-state index in [9.17, 15) is 14.0 Å². The molecule has 31 heavy (non-hydrogen) atoms. The monoisotopic (exact) mass is 438 g/mol. The van der Waals surface area contributed by atoms with Crippen LogP contribution in [0, 0.1) is 19.7 Å². The predicted molar refractivity (Wildman–Crippen MR) is 121 cm³/mol. The highest BCUT2D eigenvalue weighted by Gasteiger charge is 2.13. The van der Waals surface area contributed by atoms with Crippen LogP contribution in [0.1, 0.15) is 16.7 Å². The molecule has 0 aliphatic rings. The average Bonchev–Trinajstić information content (AvgIpc) is 2.74. The first kappa shape index (κ1) is 22.0. The van der Waals surface area contributed by atoms with Crippen molar-refractivity contribution in [3.63, 3.8) is 0 Å². The molecule has 0 fully saturated rings. The lowest BCUT2D eigenvalue weighted by Crippen LogP contribution is -2.32. The standard InChI is InChI=1S/C23H20ClFN4O2/c1-14-3-7-18(8-4-14)27-21-10-6-17(24)11-16(21)13-26-29-23(31)22(30)28-19-9-5-15(2)20(25)12-19/h3-13,27H,1-2H3,(H,28,30)(H,29,31)/b26-13-. The van der Waals surface area contributed by atoms with Gasteiger partial charge in [-0.15, -0.1) is 0 Å². The van der Waals surface area contributed by atoms with Gasteiger partial charge < -0.3 is 10.6 Å². The van der Waals surface area contributed by atoms with Crippen molar-refractivity contribution in [2.24, 2.45) is 5.10 Å². The van der Waals surface area contributed by atoms with Gasteiger partial charge in [-0.25, -0.2) is 9.82 Å². The van der Waals surface area contributed by atoms with Crippen molar-refractivity contribution >= 4 is 46.7 Å². The van der Waals surface area contributed by atoms with Gasteiger partial charge in [-0.3, -0.25) is 9.59 Å². The van der Waals surface area contributed by atoms with Crippen molar-refractivity contribution in [1.29, 1.82) is 0 Å². The van der Waals surface area contributed by atoms with Gasteiger partial charge in [0.05, 0.1) is 6.21 Å². The Morgan fingerprint density at radius 1 is 0.935 bits per heavy atom. The van der Waals surface area contributed by atoms with Crippen LogP contribution in [0.3, 0.4) is 0 Å². The summed E-state index contributed by atoms with van der Waals surface area (Å²) in [6.07, 6.45) is 1.37. The van der Waals surface area contributed by atoms with Crippen LogP contribution in [0.2, 0.25) is 5.02 Å². The fourth-order valence-electron chi connectivity index (χ4n) is 2.62. The summed E-state index contributed by atoms with van der Waals surface area (Å²) in [6, 6.07) is 17.1. The molecule has 3 rings (SSSR count). The van der Waals surface area contributed by atoms with E-state index in [4.69, 9.17) is 11.6 Å². The molecule has 0 atom stereocenters. The Kier molecular flexibility index (Phi) is 6.99. The number of amides is 2. The van der Waals surface area contributed by atoms with Crippen molar-refractivity contribution in [3.8, 4) is 0 Å². The Morgan fingerprint density at radius 2 is 1.65 bits per heavy atom. The molecular formula is C23H20ClFN4O2. The first-order chi connectivity index (χ1) is 14.8. The minimum Gasteiger partial charge on any atom is -0.355 e. The maximum Gasteiger partial charge on any atom is 0.329 e. The summed E-state index contributed by atoms with van der Waals surface area (Å²) in [7, 11) is 0. The molecule has 0 bridgehead atoms. The van der Waals surface area contributed by atoms with E-state index < -0.39 is 17.6 Å². The summed E-state index contributed by atoms with van der Waals surface area (Å²) in [5, 5.41) is 9.89. The Labute approximate surface area is 184 Å². The van der Waals surface area contributed by atoms with Gasteiger partial charge in [0.2, 0.25) is 0 Å². The number of hydrogen-bond acceptors (Lipinski definition) is 4. The zero-order chi connectivity index (χ0) is 22.4. The van der Waals surface area contributed by atoms with E-state index in [1.54, 1.807) is 25.1 Å². The Morgan fingerprint density at radius 3 is 2.35 bits per heavy atom. The van der Waals surface area contributed by atoms with Crippen molar-refractivity contribution in [1.82, 2.24) is 5.43 Å². The largest absolute Gasteiger partial charge is 0.355 e. The quantitative estimate of drug-likeness (QED) is 0.300. The molecule has 0 aliphatic carbocycles. The van der Waals surface area contributed by atoms with Crippen LogP contribution in [0.4, 0.5) is 21.5 Å². The number of rotatable bonds is 5. The third kappa shape index (κ3) is 6.13. The number of nitrogens with zero attached hydrogens (tertiary/aromatic N) is 1. The van der Waals surface area contributed by atoms with E-state index in [2.05, 4.69) is 21.2 Å². The van der Waals surface area contributed by atoms with Crippen LogP contribution in [0.15, 0.2) is 65.8 Å². The number of carbonyl (C=O) groups is 2. The lowest BCUT2D eigenvalue weighted by atomic mass is 10.1. The van der Waals surface area contributed by atoms with Crippen molar-refractivity contribution in [2.75, 3.05) is 10.6 Å². The number of anilines is 3. The first-order valence-electron chi connectivity index (χ1n) is 9.35. The van der Waals surface area contributed by atoms with E-state index in [-0.39, 0.29) is 5.69 Å². The smallest absolute Gasteiger partial charge is 0.329 e. The number of halogens is 2. The van der Waals surface area contributed by atoms with E-state index in [1.165, 1.54) is 18.3 Å². The highest BCUT2D eigenvalue weighted by Crippen LogP contribution is 2.23. The molecule has 3 N–H and O–H groups in total. The molecule has 0 saturated heterocycles. The van der Waals surface area contributed by atoms with Gasteiger partial charge in [-0.05, 0) is 61.9 Å². The highest BCUT2D eigenvalue weighted by atomic mass is 35.5. The molecule has 0 spiro atoms. The highest BCUT2D eigenvalue weighted by molar-refractivity contribution is 6.39. The Hall–Kier alpha value is -3.71. The zero-order valence-electron chi connectivity index (χ0n) is 16.9. The minimum absolute atomic E-state index is 0.173. The second-order valence-electron chi connectivity index (χ2n) is 6.84. The molecule has 0 radical (unpaired) electrons. The lowest BCUT2D eigenvalue weighted by molar-refractivity contribution is -0.136. The molecule has 0 heterocycles. The van der Waals surface area contributed by atoms with Crippen molar-refractivity contribution < 1.29 is 14.0 Å². The summed E-state index contributed by atoms with van der Waals surface area (Å²) in [6.45, 7) is 3.60. The molecule has 0 saturated carbocycles. The SMILES string of the molecule is Cc1ccc(Nc2ccc(Cl)cc2/C=N\NC(=O)C(=O)Nc2ccc(C)c(F)c2)cc1. The van der Waals surface area contributed by atoms with Gasteiger partial charge in [0.15, 0.2) is 0 Å². The summed E-state index contributed by atoms with van der Waals surface area (Å²) in [5.74, 6) is -2.44. The second kappa shape index (κ2) is 9.86. The van der Waals surface area contributed by atoms with Crippen LogP contribution >= 0.6 is 11.6 Å². The van der Waals surface area contributed by atoms with Gasteiger partial charge in [0, 0.05) is 27.6 Å². The van der Waals surface area contributed by atoms with E-state index in [0.29, 0.717) is 21.8 Å². The molecule has 2 amide bonds. The Bertz CT molecular complexity index is 1150. The number of benzene rings is 3. The topological polar surface area (TPSA) is 82.6 Å². The van der Waals surface area contributed by atoms with Crippen LogP contribution in [0.5, 0.6) is 0 Å². The fourth-order valence-corrected chi connectivity index (χ4v) is 2.80. The van der Waals surface area contributed by atoms with Crippen LogP contribution in [-0.2, 0) is 9.59 Å². The molecule has 0 unspecified atom stereocenters. The normalized spacial score (nSPS) is 10.7. The van der Waals surface area contributed by atoms with Gasteiger partial charge in [-0.1, -0.05) is 35.4 Å². The minimum atomic E-state index is -0.993. The number of nitrogens with one attached hydrogen (secondary N) is 3. The summed E-state index contributed by atoms with van der Waals surface area (Å²) < 4.78 is 13.6. The third-order valence-corrected chi connectivity index (χ3v) is 4.58. The maximum atomic E-state index is 13.6. The van der Waals surface area contributed by atoms with Gasteiger partial charge >= 0.3 is 11.8 Å². The van der Waals surface area contributed by atoms with Crippen LogP contribution < -0.4 is 16.1 Å². The molecule has 0 aromatic heterocycles. The number of aryl methyl sites for hydroxylation is 2. The summed E-state index contributed by atoms with van der Waals surface area (Å²) in [5.41, 5.74) is 6.08. The summed E-state index contributed by atoms with van der Waals surface area (Å²) >= 11 is 6.08. The maximum absolute atomic E-state index is 13.6. The van der Waals surface area contributed by atoms with Crippen molar-refractivity contribution in [2.45, 2.75) is 13.8 Å². The van der Waals surface area contributed by atoms with E-state index >= 15 is 0 Å². The second-order valence-corrected chi connectivity index (χ2v) is 7.28. The van der Waals surface area contributed by atoms with Gasteiger partial charge in [0.1, 0.15) is 5.82 Å². The molecule has 3 aromatic carbocycles. The number of carbonyl (C=O) groups excluding carboxylic acids is 2. The fraction of sp³-hybridized carbons (Fsp3) is 0.0870. The van der Waals surface area contributed by atoms with Gasteiger partial charge in [0.25, 0.3) is 0 Å². The lowest BCUT2D eigenvalue weighted by Gasteiger charge is -2.10.